The van der Waals surface area contributed by atoms with Gasteiger partial charge in [0.05, 0.1) is 11.8 Å². The van der Waals surface area contributed by atoms with Gasteiger partial charge in [-0.05, 0) is 30.3 Å². The van der Waals surface area contributed by atoms with Gasteiger partial charge in [0.15, 0.2) is 0 Å². The predicted octanol–water partition coefficient (Wildman–Crippen LogP) is 3.19. The summed E-state index contributed by atoms with van der Waals surface area (Å²) in [7, 11) is 0. The standard InChI is InChI=1S/C17H15BrN2O4/c1-2-7-24-16-6-3-12(18)8-11(16)10-19-20-17(23)14-5-4-13(21)9-15(14)22/h2-6,8-10,21-22H,1,7H2,(H,20,23)/b19-10-. The average Bonchev–Trinajstić information content (AvgIpc) is 2.54. The molecule has 2 aromatic carbocycles. The third-order valence-corrected chi connectivity index (χ3v) is 3.42. The number of hydrogen-bond acceptors (Lipinski definition) is 5. The molecule has 7 heteroatoms. The first-order chi connectivity index (χ1) is 11.5. The zero-order valence-corrected chi connectivity index (χ0v) is 14.2. The van der Waals surface area contributed by atoms with Gasteiger partial charge in [-0.2, -0.15) is 5.10 Å². The third-order valence-electron chi connectivity index (χ3n) is 2.92. The third kappa shape index (κ3) is 4.60. The molecule has 0 aliphatic rings. The van der Waals surface area contributed by atoms with Crippen LogP contribution in [0.5, 0.6) is 17.2 Å². The Morgan fingerprint density at radius 2 is 2.08 bits per heavy atom. The Balaban J connectivity index is 2.12. The maximum atomic E-state index is 12.0. The molecule has 0 saturated carbocycles. The van der Waals surface area contributed by atoms with Gasteiger partial charge in [0.25, 0.3) is 5.91 Å². The van der Waals surface area contributed by atoms with E-state index in [1.807, 2.05) is 6.07 Å². The number of amides is 1. The molecule has 3 N–H and O–H groups in total. The zero-order chi connectivity index (χ0) is 17.5. The second-order valence-electron chi connectivity index (χ2n) is 4.68. The summed E-state index contributed by atoms with van der Waals surface area (Å²) in [5.74, 6) is -0.484. The van der Waals surface area contributed by atoms with Crippen molar-refractivity contribution < 1.29 is 19.7 Å². The van der Waals surface area contributed by atoms with E-state index in [4.69, 9.17) is 4.74 Å². The van der Waals surface area contributed by atoms with Crippen molar-refractivity contribution in [3.63, 3.8) is 0 Å². The number of nitrogens with zero attached hydrogens (tertiary/aromatic N) is 1. The fourth-order valence-electron chi connectivity index (χ4n) is 1.83. The highest BCUT2D eigenvalue weighted by Gasteiger charge is 2.10. The monoisotopic (exact) mass is 390 g/mol. The summed E-state index contributed by atoms with van der Waals surface area (Å²) in [6, 6.07) is 9.05. The Kier molecular flexibility index (Phi) is 5.97. The maximum absolute atomic E-state index is 12.0. The number of phenolic OH excluding ortho intramolecular Hbond substituents is 2. The maximum Gasteiger partial charge on any atom is 0.275 e. The molecule has 0 radical (unpaired) electrons. The van der Waals surface area contributed by atoms with Gasteiger partial charge in [-0.25, -0.2) is 5.43 Å². The van der Waals surface area contributed by atoms with Crippen LogP contribution in [0.3, 0.4) is 0 Å². The predicted molar refractivity (Wildman–Crippen MR) is 94.7 cm³/mol. The van der Waals surface area contributed by atoms with Crippen LogP contribution in [-0.2, 0) is 0 Å². The molecule has 0 aliphatic carbocycles. The van der Waals surface area contributed by atoms with Crippen LogP contribution in [0.4, 0.5) is 0 Å². The van der Waals surface area contributed by atoms with Crippen LogP contribution in [0.2, 0.25) is 0 Å². The van der Waals surface area contributed by atoms with Crippen molar-refractivity contribution in [2.45, 2.75) is 0 Å². The fraction of sp³-hybridized carbons (Fsp3) is 0.0588. The molecule has 2 rings (SSSR count). The minimum absolute atomic E-state index is 0.00215. The van der Waals surface area contributed by atoms with Gasteiger partial charge >= 0.3 is 0 Å². The first-order valence-electron chi connectivity index (χ1n) is 6.90. The van der Waals surface area contributed by atoms with Crippen LogP contribution in [0.1, 0.15) is 15.9 Å². The fourth-order valence-corrected chi connectivity index (χ4v) is 2.21. The molecule has 2 aromatic rings. The van der Waals surface area contributed by atoms with Crippen molar-refractivity contribution >= 4 is 28.1 Å². The largest absolute Gasteiger partial charge is 0.508 e. The van der Waals surface area contributed by atoms with E-state index >= 15 is 0 Å². The van der Waals surface area contributed by atoms with Crippen molar-refractivity contribution in [3.05, 3.63) is 64.7 Å². The topological polar surface area (TPSA) is 91.2 Å². The number of benzene rings is 2. The molecule has 0 bridgehead atoms. The van der Waals surface area contributed by atoms with E-state index in [2.05, 4.69) is 33.0 Å². The molecule has 24 heavy (non-hydrogen) atoms. The summed E-state index contributed by atoms with van der Waals surface area (Å²) in [4.78, 5) is 12.0. The lowest BCUT2D eigenvalue weighted by molar-refractivity contribution is 0.0952. The van der Waals surface area contributed by atoms with Crippen LogP contribution < -0.4 is 10.2 Å². The van der Waals surface area contributed by atoms with E-state index < -0.39 is 5.91 Å². The van der Waals surface area contributed by atoms with E-state index in [-0.39, 0.29) is 17.1 Å². The van der Waals surface area contributed by atoms with Crippen LogP contribution in [0.25, 0.3) is 0 Å². The normalized spacial score (nSPS) is 10.5. The van der Waals surface area contributed by atoms with Crippen molar-refractivity contribution in [2.24, 2.45) is 5.10 Å². The van der Waals surface area contributed by atoms with Crippen LogP contribution in [0, 0.1) is 0 Å². The van der Waals surface area contributed by atoms with Gasteiger partial charge in [0.2, 0.25) is 0 Å². The Labute approximate surface area is 147 Å². The second kappa shape index (κ2) is 8.16. The van der Waals surface area contributed by atoms with E-state index in [0.29, 0.717) is 17.9 Å². The molecule has 0 aliphatic heterocycles. The summed E-state index contributed by atoms with van der Waals surface area (Å²) < 4.78 is 6.34. The zero-order valence-electron chi connectivity index (χ0n) is 12.6. The Hall–Kier alpha value is -2.80. The van der Waals surface area contributed by atoms with Crippen molar-refractivity contribution in [3.8, 4) is 17.2 Å². The molecule has 1 amide bonds. The number of halogens is 1. The van der Waals surface area contributed by atoms with E-state index in [9.17, 15) is 15.0 Å². The number of carbonyl (C=O) groups is 1. The molecule has 124 valence electrons. The van der Waals surface area contributed by atoms with E-state index in [1.54, 1.807) is 18.2 Å². The average molecular weight is 391 g/mol. The summed E-state index contributed by atoms with van der Waals surface area (Å²) >= 11 is 3.36. The van der Waals surface area contributed by atoms with Crippen molar-refractivity contribution in [2.75, 3.05) is 6.61 Å². The molecular formula is C17H15BrN2O4. The number of nitrogens with one attached hydrogen (secondary N) is 1. The van der Waals surface area contributed by atoms with Crippen molar-refractivity contribution in [1.82, 2.24) is 5.43 Å². The second-order valence-corrected chi connectivity index (χ2v) is 5.60. The summed E-state index contributed by atoms with van der Waals surface area (Å²) in [6.45, 7) is 3.93. The van der Waals surface area contributed by atoms with Gasteiger partial charge in [0.1, 0.15) is 23.9 Å². The van der Waals surface area contributed by atoms with E-state index in [0.717, 1.165) is 10.5 Å². The number of carbonyl (C=O) groups excluding carboxylic acids is 1. The first kappa shape index (κ1) is 17.6. The van der Waals surface area contributed by atoms with Crippen LogP contribution in [-0.4, -0.2) is 28.9 Å². The molecule has 0 aromatic heterocycles. The van der Waals surface area contributed by atoms with Gasteiger partial charge in [0, 0.05) is 16.1 Å². The molecule has 0 heterocycles. The Morgan fingerprint density at radius 3 is 2.79 bits per heavy atom. The number of aromatic hydroxyl groups is 2. The lowest BCUT2D eigenvalue weighted by atomic mass is 10.2. The summed E-state index contributed by atoms with van der Waals surface area (Å²) in [6.07, 6.45) is 3.05. The van der Waals surface area contributed by atoms with Crippen molar-refractivity contribution in [1.29, 1.82) is 0 Å². The number of phenols is 2. The highest BCUT2D eigenvalue weighted by atomic mass is 79.9. The van der Waals surface area contributed by atoms with Crippen LogP contribution in [0.15, 0.2) is 58.6 Å². The minimum Gasteiger partial charge on any atom is -0.508 e. The number of hydrogen-bond donors (Lipinski definition) is 3. The summed E-state index contributed by atoms with van der Waals surface area (Å²) in [5, 5.41) is 22.7. The Bertz CT molecular complexity index is 790. The van der Waals surface area contributed by atoms with E-state index in [1.165, 1.54) is 18.3 Å². The highest BCUT2D eigenvalue weighted by molar-refractivity contribution is 9.10. The SMILES string of the molecule is C=CCOc1ccc(Br)cc1/C=N\NC(=O)c1ccc(O)cc1O. The molecular weight excluding hydrogens is 376 g/mol. The lowest BCUT2D eigenvalue weighted by Crippen LogP contribution is -2.17. The number of rotatable bonds is 6. The van der Waals surface area contributed by atoms with Gasteiger partial charge in [-0.3, -0.25) is 4.79 Å². The minimum atomic E-state index is -0.604. The van der Waals surface area contributed by atoms with Gasteiger partial charge in [-0.1, -0.05) is 28.6 Å². The molecule has 0 unspecified atom stereocenters. The molecule has 0 spiro atoms. The number of ether oxygens (including phenoxy) is 1. The van der Waals surface area contributed by atoms with Gasteiger partial charge < -0.3 is 14.9 Å². The Morgan fingerprint density at radius 1 is 1.29 bits per heavy atom. The lowest BCUT2D eigenvalue weighted by Gasteiger charge is -2.07. The summed E-state index contributed by atoms with van der Waals surface area (Å²) in [5.41, 5.74) is 2.96. The first-order valence-corrected chi connectivity index (χ1v) is 7.69. The molecule has 0 fully saturated rings. The molecule has 0 atom stereocenters. The molecule has 0 saturated heterocycles. The van der Waals surface area contributed by atoms with Gasteiger partial charge in [-0.15, -0.1) is 0 Å². The smallest absolute Gasteiger partial charge is 0.275 e. The number of hydrazone groups is 1. The quantitative estimate of drug-likeness (QED) is 0.401. The van der Waals surface area contributed by atoms with Crippen LogP contribution >= 0.6 is 15.9 Å². The molecule has 6 nitrogen and oxygen atoms in total. The highest BCUT2D eigenvalue weighted by Crippen LogP contribution is 2.23.